The van der Waals surface area contributed by atoms with Gasteiger partial charge in [-0.25, -0.2) is 8.42 Å². The molecule has 1 radical (unpaired) electrons. The molecule has 0 amide bonds. The van der Waals surface area contributed by atoms with E-state index in [9.17, 15) is 25.9 Å². The Labute approximate surface area is 269 Å². The smallest absolute Gasteiger partial charge is 0.374 e. The molecule has 0 spiro atoms. The van der Waals surface area contributed by atoms with Gasteiger partial charge in [-0.2, -0.15) is 13.0 Å². The summed E-state index contributed by atoms with van der Waals surface area (Å²) >= 11 is 0. The van der Waals surface area contributed by atoms with Crippen LogP contribution in [0.5, 0.6) is 5.75 Å². The zero-order valence-corrected chi connectivity index (χ0v) is 26.2. The third kappa shape index (κ3) is 8.41. The normalized spacial score (nSPS) is 14.5. The van der Waals surface area contributed by atoms with E-state index >= 15 is 0 Å². The van der Waals surface area contributed by atoms with Crippen LogP contribution in [0.1, 0.15) is 32.1 Å². The van der Waals surface area contributed by atoms with Crippen molar-refractivity contribution in [2.24, 2.45) is 0 Å². The average molecular weight is 632 g/mol. The summed E-state index contributed by atoms with van der Waals surface area (Å²) in [4.78, 5) is 1.87. The Kier molecular flexibility index (Phi) is 10.8. The molecule has 0 saturated heterocycles. The number of para-hydroxylation sites is 2. The predicted octanol–water partition coefficient (Wildman–Crippen LogP) is 4.75. The number of rotatable bonds is 12. The van der Waals surface area contributed by atoms with Gasteiger partial charge < -0.3 is 18.6 Å². The predicted molar refractivity (Wildman–Crippen MR) is 169 cm³/mol. The first-order valence-electron chi connectivity index (χ1n) is 13.9. The minimum atomic E-state index is -4.38. The van der Waals surface area contributed by atoms with Gasteiger partial charge in [0.15, 0.2) is 12.3 Å². The van der Waals surface area contributed by atoms with E-state index in [1.807, 2.05) is 101 Å². The van der Waals surface area contributed by atoms with Crippen LogP contribution in [0.2, 0.25) is 0 Å². The van der Waals surface area contributed by atoms with Crippen molar-refractivity contribution in [3.8, 4) is 16.9 Å². The minimum absolute atomic E-state index is 0. The van der Waals surface area contributed by atoms with E-state index in [4.69, 9.17) is 9.15 Å². The number of oxazole rings is 1. The molecule has 0 fully saturated rings. The number of hydrogen-bond donors (Lipinski definition) is 1. The number of fused-ring (bicyclic) bond motifs is 2. The molecule has 44 heavy (non-hydrogen) atoms. The standard InChI is InChI=1S/C31H32N2O8S2.Li/c1-2-23(20-30-32(16-8-18-42(34,35)36)26-12-6-7-13-28(26)40-30)21-31-33(17-9-19-43(37,38)39)27-22-25(14-15-29(27)41-31)24-10-4-3-5-11-24;/h3-7,10-15,20-22H,2,8-9,16-19H2,1H3,(H-,34,35,36,37,38,39);. The van der Waals surface area contributed by atoms with Gasteiger partial charge >= 0.3 is 5.89 Å². The van der Waals surface area contributed by atoms with Gasteiger partial charge in [-0.3, -0.25) is 4.55 Å². The number of allylic oxidation sites excluding steroid dienone is 2. The summed E-state index contributed by atoms with van der Waals surface area (Å²) in [5.41, 5.74) is 4.98. The van der Waals surface area contributed by atoms with E-state index in [1.165, 1.54) is 0 Å². The Balaban J connectivity index is 0.00000442. The van der Waals surface area contributed by atoms with Gasteiger partial charge in [-0.1, -0.05) is 55.5 Å². The van der Waals surface area contributed by atoms with E-state index in [1.54, 1.807) is 0 Å². The third-order valence-corrected chi connectivity index (χ3v) is 8.65. The summed E-state index contributed by atoms with van der Waals surface area (Å²) in [6.07, 6.45) is 4.59. The molecule has 2 heterocycles. The van der Waals surface area contributed by atoms with Crippen LogP contribution in [0.25, 0.3) is 28.3 Å². The zero-order valence-electron chi connectivity index (χ0n) is 24.5. The molecule has 0 unspecified atom stereocenters. The molecule has 1 aromatic heterocycles. The van der Waals surface area contributed by atoms with Gasteiger partial charge in [0.2, 0.25) is 11.5 Å². The molecule has 0 saturated carbocycles. The first-order chi connectivity index (χ1) is 20.5. The number of ether oxygens (including phenoxy) is 1. The maximum Gasteiger partial charge on any atom is 0.374 e. The third-order valence-electron chi connectivity index (χ3n) is 7.06. The largest absolute Gasteiger partial charge is 0.748 e. The maximum absolute atomic E-state index is 11.3. The molecule has 5 rings (SSSR count). The number of hydrogen-bond acceptors (Lipinski definition) is 8. The molecule has 10 nitrogen and oxygen atoms in total. The van der Waals surface area contributed by atoms with E-state index in [-0.39, 0.29) is 44.0 Å². The van der Waals surface area contributed by atoms with Crippen molar-refractivity contribution in [3.63, 3.8) is 0 Å². The monoisotopic (exact) mass is 631 g/mol. The van der Waals surface area contributed by atoms with Crippen LogP contribution in [-0.2, 0) is 26.8 Å². The number of benzene rings is 3. The fourth-order valence-corrected chi connectivity index (χ4v) is 5.98. The second-order valence-corrected chi connectivity index (χ2v) is 13.3. The van der Waals surface area contributed by atoms with Crippen molar-refractivity contribution >= 4 is 62.0 Å². The first kappa shape index (κ1) is 33.5. The zero-order chi connectivity index (χ0) is 30.6. The Morgan fingerprint density at radius 3 is 2.39 bits per heavy atom. The Morgan fingerprint density at radius 2 is 1.68 bits per heavy atom. The molecule has 3 aromatic carbocycles. The van der Waals surface area contributed by atoms with Gasteiger partial charge in [-0.15, -0.1) is 0 Å². The second-order valence-electron chi connectivity index (χ2n) is 10.2. The fourth-order valence-electron chi connectivity index (χ4n) is 5.01. The van der Waals surface area contributed by atoms with E-state index in [0.29, 0.717) is 36.1 Å². The van der Waals surface area contributed by atoms with Crippen LogP contribution in [0.15, 0.2) is 94.7 Å². The van der Waals surface area contributed by atoms with Crippen molar-refractivity contribution in [2.75, 3.05) is 23.0 Å². The molecule has 0 aliphatic carbocycles. The maximum atomic E-state index is 11.3. The molecular formula is C31H32LiN2O8S2. The Morgan fingerprint density at radius 1 is 0.955 bits per heavy atom. The van der Waals surface area contributed by atoms with E-state index in [2.05, 4.69) is 0 Å². The SMILES string of the molecule is CCC(=Cc1oc2ccccc2[n+]1CCCS(=O)(=O)O)C=C1Oc2ccc(-c3ccccc3)cc2N1CCCS(=O)(=O)[O-].[Li]. The van der Waals surface area contributed by atoms with Crippen molar-refractivity contribution < 1.29 is 39.7 Å². The average Bonchev–Trinajstić information content (AvgIpc) is 3.48. The summed E-state index contributed by atoms with van der Waals surface area (Å²) in [6.45, 7) is 2.52. The molecular weight excluding hydrogens is 599 g/mol. The van der Waals surface area contributed by atoms with E-state index < -0.39 is 26.0 Å². The quantitative estimate of drug-likeness (QED) is 0.133. The summed E-state index contributed by atoms with van der Waals surface area (Å²) in [7, 11) is -8.49. The Bertz CT molecular complexity index is 1900. The molecule has 4 aromatic rings. The number of aryl methyl sites for hydroxylation is 1. The van der Waals surface area contributed by atoms with Gasteiger partial charge in [0.05, 0.1) is 27.6 Å². The fraction of sp³-hybridized carbons (Fsp3) is 0.258. The molecule has 1 N–H and O–H groups in total. The van der Waals surface area contributed by atoms with Crippen molar-refractivity contribution in [1.29, 1.82) is 0 Å². The van der Waals surface area contributed by atoms with Gasteiger partial charge in [-0.05, 0) is 47.7 Å². The molecule has 227 valence electrons. The van der Waals surface area contributed by atoms with Crippen molar-refractivity contribution in [1.82, 2.24) is 0 Å². The molecule has 1 aliphatic rings. The minimum Gasteiger partial charge on any atom is -0.748 e. The Hall–Kier alpha value is -3.37. The van der Waals surface area contributed by atoms with Crippen LogP contribution < -0.4 is 14.2 Å². The second kappa shape index (κ2) is 14.2. The summed E-state index contributed by atoms with van der Waals surface area (Å²) < 4.78 is 80.1. The van der Waals surface area contributed by atoms with Crippen LogP contribution >= 0.6 is 0 Å². The first-order valence-corrected chi connectivity index (χ1v) is 17.1. The topological polar surface area (TPSA) is 141 Å². The number of aromatic nitrogens is 1. The molecule has 13 heteroatoms. The van der Waals surface area contributed by atoms with Crippen molar-refractivity contribution in [3.05, 3.63) is 96.2 Å². The van der Waals surface area contributed by atoms with Gasteiger partial charge in [0.1, 0.15) is 0 Å². The van der Waals surface area contributed by atoms with Crippen LogP contribution in [0.4, 0.5) is 5.69 Å². The molecule has 1 aliphatic heterocycles. The summed E-state index contributed by atoms with van der Waals surface area (Å²) in [6, 6.07) is 23.1. The number of nitrogens with zero attached hydrogens (tertiary/aromatic N) is 2. The van der Waals surface area contributed by atoms with Crippen molar-refractivity contribution in [2.45, 2.75) is 32.7 Å². The van der Waals surface area contributed by atoms with E-state index in [0.717, 1.165) is 27.9 Å². The summed E-state index contributed by atoms with van der Waals surface area (Å²) in [5, 5.41) is 0. The van der Waals surface area contributed by atoms with Crippen LogP contribution in [0, 0.1) is 0 Å². The summed E-state index contributed by atoms with van der Waals surface area (Å²) in [5.74, 6) is 0.708. The molecule has 0 atom stereocenters. The molecule has 0 bridgehead atoms. The van der Waals surface area contributed by atoms with Crippen LogP contribution in [0.3, 0.4) is 0 Å². The van der Waals surface area contributed by atoms with Gasteiger partial charge in [0.25, 0.3) is 15.6 Å². The van der Waals surface area contributed by atoms with Gasteiger partial charge in [0, 0.05) is 49.7 Å². The number of anilines is 1. The van der Waals surface area contributed by atoms with Crippen LogP contribution in [-0.4, -0.2) is 62.9 Å².